The van der Waals surface area contributed by atoms with Crippen molar-refractivity contribution in [3.05, 3.63) is 47.5 Å². The van der Waals surface area contributed by atoms with Crippen LogP contribution < -0.4 is 10.6 Å². The zero-order valence-corrected chi connectivity index (χ0v) is 32.4. The van der Waals surface area contributed by atoms with Gasteiger partial charge in [-0.25, -0.2) is 4.79 Å². The van der Waals surface area contributed by atoms with Crippen molar-refractivity contribution in [3.8, 4) is 0 Å². The fraction of sp³-hybridized carbons (Fsp3) is 0.667. The second-order valence-corrected chi connectivity index (χ2v) is 20.8. The zero-order chi connectivity index (χ0) is 36.0. The Balaban J connectivity index is 1.71. The molecule has 0 aliphatic carbocycles. The van der Waals surface area contributed by atoms with Gasteiger partial charge in [-0.05, 0) is 76.4 Å². The monoisotopic (exact) mass is 705 g/mol. The summed E-state index contributed by atoms with van der Waals surface area (Å²) < 4.78 is 17.1. The summed E-state index contributed by atoms with van der Waals surface area (Å²) in [5.41, 5.74) is 1.83. The Morgan fingerprint density at radius 1 is 1.06 bits per heavy atom. The van der Waals surface area contributed by atoms with Crippen molar-refractivity contribution >= 4 is 44.0 Å². The molecule has 0 radical (unpaired) electrons. The highest BCUT2D eigenvalue weighted by Gasteiger charge is 2.39. The van der Waals surface area contributed by atoms with Gasteiger partial charge in [-0.3, -0.25) is 14.4 Å². The first-order valence-corrected chi connectivity index (χ1v) is 21.1. The molecule has 1 aromatic carbocycles. The molecule has 0 spiro atoms. The van der Waals surface area contributed by atoms with Gasteiger partial charge in [0.1, 0.15) is 18.7 Å². The molecule has 1 heterocycles. The van der Waals surface area contributed by atoms with E-state index in [4.69, 9.17) is 13.9 Å². The van der Waals surface area contributed by atoms with Crippen LogP contribution in [0.1, 0.15) is 78.4 Å². The van der Waals surface area contributed by atoms with E-state index in [1.807, 2.05) is 4.90 Å². The number of esters is 1. The van der Waals surface area contributed by atoms with Crippen LogP contribution in [0.5, 0.6) is 0 Å². The summed E-state index contributed by atoms with van der Waals surface area (Å²) in [5, 5.41) is 4.85. The maximum absolute atomic E-state index is 12.8. The van der Waals surface area contributed by atoms with Crippen molar-refractivity contribution in [1.82, 2.24) is 15.5 Å². The Morgan fingerprint density at radius 2 is 1.79 bits per heavy atom. The highest BCUT2D eigenvalue weighted by molar-refractivity contribution is 7.99. The van der Waals surface area contributed by atoms with Crippen LogP contribution in [0, 0.1) is 6.92 Å². The molecule has 0 bridgehead atoms. The van der Waals surface area contributed by atoms with Crippen LogP contribution in [0.15, 0.2) is 36.4 Å². The van der Waals surface area contributed by atoms with Crippen LogP contribution in [-0.2, 0) is 34.7 Å². The van der Waals surface area contributed by atoms with Gasteiger partial charge < -0.3 is 29.4 Å². The summed E-state index contributed by atoms with van der Waals surface area (Å²) in [6, 6.07) is 8.67. The number of aryl methyl sites for hydroxylation is 1. The predicted octanol–water partition coefficient (Wildman–Crippen LogP) is 6.17. The van der Waals surface area contributed by atoms with Crippen molar-refractivity contribution < 1.29 is 33.1 Å². The molecule has 0 unspecified atom stereocenters. The molecular weight excluding hydrogens is 647 g/mol. The number of carbonyl (C=O) groups is 4. The number of nitrogens with one attached hydrogen (secondary N) is 2. The summed E-state index contributed by atoms with van der Waals surface area (Å²) in [5.74, 6) is 0.893. The summed E-state index contributed by atoms with van der Waals surface area (Å²) in [4.78, 5) is 50.1. The minimum Gasteiger partial charge on any atom is -0.464 e. The Labute approximate surface area is 293 Å². The standard InChI is InChI=1S/C36H59N3O7SSi/c1-27-13-12-14-28(23-27)24-30(46-48(8,9)36(5,6)7)17-15-29-16-18-32(41)39(29)19-22-47-21-11-10-20-44-33(42)26-37-31(40)25-38-34(43)45-35(2,3)4/h12-15,17,23,29-30H,10-11,16,18-22,24-26H2,1-9H3,(H,37,40)(H,38,43)/b17-15+/t29-,30+/m0/s1. The Kier molecular flexibility index (Phi) is 16.7. The van der Waals surface area contributed by atoms with E-state index >= 15 is 0 Å². The largest absolute Gasteiger partial charge is 0.464 e. The molecule has 0 aromatic heterocycles. The highest BCUT2D eigenvalue weighted by atomic mass is 32.2. The molecule has 12 heteroatoms. The van der Waals surface area contributed by atoms with E-state index in [2.05, 4.69) is 87.8 Å². The summed E-state index contributed by atoms with van der Waals surface area (Å²) in [7, 11) is -2.01. The molecular formula is C36H59N3O7SSi. The van der Waals surface area contributed by atoms with E-state index < -0.39 is 31.9 Å². The van der Waals surface area contributed by atoms with Crippen LogP contribution in [0.2, 0.25) is 18.1 Å². The minimum atomic E-state index is -2.01. The topological polar surface area (TPSA) is 123 Å². The number of likely N-dealkylation sites (tertiary alicyclic amines) is 1. The van der Waals surface area contributed by atoms with Crippen LogP contribution >= 0.6 is 11.8 Å². The average Bonchev–Trinajstić information content (AvgIpc) is 3.32. The van der Waals surface area contributed by atoms with Gasteiger partial charge >= 0.3 is 12.1 Å². The van der Waals surface area contributed by atoms with Gasteiger partial charge in [-0.15, -0.1) is 0 Å². The number of thioether (sulfide) groups is 1. The number of rotatable bonds is 18. The third-order valence-corrected chi connectivity index (χ3v) is 13.9. The van der Waals surface area contributed by atoms with Crippen molar-refractivity contribution in [2.24, 2.45) is 0 Å². The molecule has 48 heavy (non-hydrogen) atoms. The van der Waals surface area contributed by atoms with E-state index in [0.717, 1.165) is 30.8 Å². The first-order valence-electron chi connectivity index (χ1n) is 17.0. The lowest BCUT2D eigenvalue weighted by Gasteiger charge is -2.39. The quantitative estimate of drug-likeness (QED) is 0.0805. The average molecular weight is 706 g/mol. The molecule has 10 nitrogen and oxygen atoms in total. The maximum Gasteiger partial charge on any atom is 0.408 e. The van der Waals surface area contributed by atoms with Crippen LogP contribution in [-0.4, -0.2) is 92.6 Å². The molecule has 0 saturated carbocycles. The number of hydrogen-bond donors (Lipinski definition) is 2. The van der Waals surface area contributed by atoms with Gasteiger partial charge in [-0.1, -0.05) is 62.8 Å². The van der Waals surface area contributed by atoms with Crippen LogP contribution in [0.25, 0.3) is 0 Å². The molecule has 270 valence electrons. The molecule has 3 amide bonds. The van der Waals surface area contributed by atoms with Crippen molar-refractivity contribution in [2.75, 3.05) is 37.7 Å². The Bertz CT molecular complexity index is 1240. The van der Waals surface area contributed by atoms with Crippen molar-refractivity contribution in [2.45, 2.75) is 116 Å². The maximum atomic E-state index is 12.8. The molecule has 2 atom stereocenters. The first-order chi connectivity index (χ1) is 22.4. The molecule has 1 aliphatic rings. The summed E-state index contributed by atoms with van der Waals surface area (Å²) in [6.07, 6.45) is 7.40. The summed E-state index contributed by atoms with van der Waals surface area (Å²) in [6.45, 7) is 19.0. The van der Waals surface area contributed by atoms with Gasteiger partial charge in [0.15, 0.2) is 8.32 Å². The number of benzene rings is 1. The van der Waals surface area contributed by atoms with E-state index in [9.17, 15) is 19.2 Å². The Morgan fingerprint density at radius 3 is 2.46 bits per heavy atom. The van der Waals surface area contributed by atoms with Gasteiger partial charge in [-0.2, -0.15) is 11.8 Å². The number of unbranched alkanes of at least 4 members (excludes halogenated alkanes) is 1. The first kappa shape index (κ1) is 41.3. The lowest BCUT2D eigenvalue weighted by Crippen LogP contribution is -2.44. The van der Waals surface area contributed by atoms with E-state index in [1.165, 1.54) is 11.1 Å². The molecule has 1 saturated heterocycles. The van der Waals surface area contributed by atoms with Crippen molar-refractivity contribution in [1.29, 1.82) is 0 Å². The lowest BCUT2D eigenvalue weighted by atomic mass is 10.0. The third kappa shape index (κ3) is 16.0. The van der Waals surface area contributed by atoms with Gasteiger partial charge in [0.2, 0.25) is 11.8 Å². The van der Waals surface area contributed by atoms with Gasteiger partial charge in [0.25, 0.3) is 0 Å². The molecule has 2 N–H and O–H groups in total. The van der Waals surface area contributed by atoms with Gasteiger partial charge in [0, 0.05) is 25.1 Å². The molecule has 1 aliphatic heterocycles. The SMILES string of the molecule is Cc1cccc(C[C@@H](/C=C/[C@H]2CCC(=O)N2CCSCCCCOC(=O)CNC(=O)CNC(=O)OC(C)(C)C)O[Si](C)(C)C(C)(C)C)c1. The second-order valence-electron chi connectivity index (χ2n) is 14.9. The number of carbonyl (C=O) groups excluding carboxylic acids is 4. The van der Waals surface area contributed by atoms with E-state index in [0.29, 0.717) is 19.4 Å². The lowest BCUT2D eigenvalue weighted by molar-refractivity contribution is -0.144. The normalized spacial score (nSPS) is 16.2. The fourth-order valence-electron chi connectivity index (χ4n) is 4.78. The van der Waals surface area contributed by atoms with Gasteiger partial charge in [0.05, 0.1) is 18.8 Å². The number of ether oxygens (including phenoxy) is 2. The van der Waals surface area contributed by atoms with Crippen molar-refractivity contribution in [3.63, 3.8) is 0 Å². The zero-order valence-electron chi connectivity index (χ0n) is 30.6. The van der Waals surface area contributed by atoms with Crippen LogP contribution in [0.3, 0.4) is 0 Å². The number of amides is 3. The smallest absolute Gasteiger partial charge is 0.408 e. The molecule has 1 aromatic rings. The highest BCUT2D eigenvalue weighted by Crippen LogP contribution is 2.38. The summed E-state index contributed by atoms with van der Waals surface area (Å²) >= 11 is 1.79. The van der Waals surface area contributed by atoms with E-state index in [-0.39, 0.29) is 42.8 Å². The molecule has 1 fully saturated rings. The van der Waals surface area contributed by atoms with Crippen LogP contribution in [0.4, 0.5) is 4.79 Å². The number of hydrogen-bond acceptors (Lipinski definition) is 8. The fourth-order valence-corrected chi connectivity index (χ4v) is 6.99. The number of alkyl carbamates (subject to hydrolysis) is 1. The molecule has 2 rings (SSSR count). The number of nitrogens with zero attached hydrogens (tertiary/aromatic N) is 1. The minimum absolute atomic E-state index is 0.0499. The predicted molar refractivity (Wildman–Crippen MR) is 196 cm³/mol. The second kappa shape index (κ2) is 19.4. The van der Waals surface area contributed by atoms with E-state index in [1.54, 1.807) is 32.5 Å². The third-order valence-electron chi connectivity index (χ3n) is 8.34. The Hall–Kier alpha value is -2.83.